The summed E-state index contributed by atoms with van der Waals surface area (Å²) in [6.45, 7) is 8.08. The van der Waals surface area contributed by atoms with E-state index in [0.717, 1.165) is 0 Å². The number of rotatable bonds is 10. The molecule has 2 aromatic carbocycles. The molecule has 0 fully saturated rings. The molecule has 2 amide bonds. The molecule has 0 aliphatic carbocycles. The lowest BCUT2D eigenvalue weighted by molar-refractivity contribution is -0.128. The fraction of sp³-hybridized carbons (Fsp3) is 0.364. The molecule has 1 unspecified atom stereocenters. The SMILES string of the molecule is CCOc1cc(C(=O)NNC(=O)C(C)Oc2ccc(F)cc2)cc(OCC)c1OCC. The fourth-order valence-electron chi connectivity index (χ4n) is 2.58. The number of halogens is 1. The van der Waals surface area contributed by atoms with Gasteiger partial charge in [-0.1, -0.05) is 0 Å². The van der Waals surface area contributed by atoms with E-state index in [-0.39, 0.29) is 5.56 Å². The van der Waals surface area contributed by atoms with Gasteiger partial charge in [-0.15, -0.1) is 0 Å². The lowest BCUT2D eigenvalue weighted by Crippen LogP contribution is -2.47. The molecule has 2 rings (SSSR count). The summed E-state index contributed by atoms with van der Waals surface area (Å²) >= 11 is 0. The molecule has 9 heteroatoms. The lowest BCUT2D eigenvalue weighted by Gasteiger charge is -2.18. The molecule has 0 radical (unpaired) electrons. The molecule has 1 atom stereocenters. The second-order valence-electron chi connectivity index (χ2n) is 6.26. The first kappa shape index (κ1) is 23.8. The topological polar surface area (TPSA) is 95.1 Å². The second kappa shape index (κ2) is 11.6. The van der Waals surface area contributed by atoms with Crippen LogP contribution in [0.5, 0.6) is 23.0 Å². The van der Waals surface area contributed by atoms with Crippen molar-refractivity contribution in [2.45, 2.75) is 33.8 Å². The quantitative estimate of drug-likeness (QED) is 0.558. The van der Waals surface area contributed by atoms with Gasteiger partial charge in [0.15, 0.2) is 17.6 Å². The van der Waals surface area contributed by atoms with Gasteiger partial charge in [0.2, 0.25) is 5.75 Å². The van der Waals surface area contributed by atoms with Gasteiger partial charge in [0.25, 0.3) is 11.8 Å². The maximum Gasteiger partial charge on any atom is 0.279 e. The summed E-state index contributed by atoms with van der Waals surface area (Å²) in [7, 11) is 0. The van der Waals surface area contributed by atoms with Crippen molar-refractivity contribution in [2.75, 3.05) is 19.8 Å². The molecular formula is C22H27FN2O6. The van der Waals surface area contributed by atoms with Crippen molar-refractivity contribution in [1.29, 1.82) is 0 Å². The third-order valence-electron chi connectivity index (χ3n) is 3.97. The molecule has 2 aromatic rings. The van der Waals surface area contributed by atoms with Crippen LogP contribution in [0, 0.1) is 5.82 Å². The molecule has 0 aromatic heterocycles. The second-order valence-corrected chi connectivity index (χ2v) is 6.26. The summed E-state index contributed by atoms with van der Waals surface area (Å²) in [5.74, 6) is -0.117. The predicted molar refractivity (Wildman–Crippen MR) is 112 cm³/mol. The van der Waals surface area contributed by atoms with Crippen LogP contribution in [-0.4, -0.2) is 37.7 Å². The summed E-state index contributed by atoms with van der Waals surface area (Å²) in [6.07, 6.45) is -0.927. The smallest absolute Gasteiger partial charge is 0.279 e. The van der Waals surface area contributed by atoms with E-state index in [4.69, 9.17) is 18.9 Å². The van der Waals surface area contributed by atoms with Crippen molar-refractivity contribution in [3.63, 3.8) is 0 Å². The Hall–Kier alpha value is -3.49. The Morgan fingerprint density at radius 1 is 0.903 bits per heavy atom. The molecule has 0 bridgehead atoms. The highest BCUT2D eigenvalue weighted by Gasteiger charge is 2.20. The van der Waals surface area contributed by atoms with Crippen molar-refractivity contribution >= 4 is 11.8 Å². The fourth-order valence-corrected chi connectivity index (χ4v) is 2.58. The molecule has 0 heterocycles. The first-order valence-corrected chi connectivity index (χ1v) is 9.98. The summed E-state index contributed by atoms with van der Waals surface area (Å²) < 4.78 is 35.2. The highest BCUT2D eigenvalue weighted by molar-refractivity contribution is 5.97. The molecule has 0 saturated heterocycles. The van der Waals surface area contributed by atoms with Gasteiger partial charge in [-0.05, 0) is 64.1 Å². The zero-order valence-corrected chi connectivity index (χ0v) is 18.0. The normalized spacial score (nSPS) is 11.3. The van der Waals surface area contributed by atoms with Crippen LogP contribution in [0.2, 0.25) is 0 Å². The molecule has 168 valence electrons. The number of hydrogen-bond donors (Lipinski definition) is 2. The molecule has 0 saturated carbocycles. The van der Waals surface area contributed by atoms with E-state index in [1.165, 1.54) is 43.3 Å². The first-order valence-electron chi connectivity index (χ1n) is 9.98. The van der Waals surface area contributed by atoms with Gasteiger partial charge in [-0.3, -0.25) is 20.4 Å². The number of benzene rings is 2. The Balaban J connectivity index is 2.07. The molecule has 31 heavy (non-hydrogen) atoms. The predicted octanol–water partition coefficient (Wildman–Crippen LogP) is 3.25. The van der Waals surface area contributed by atoms with Crippen molar-refractivity contribution in [3.8, 4) is 23.0 Å². The van der Waals surface area contributed by atoms with Crippen LogP contribution < -0.4 is 29.8 Å². The third-order valence-corrected chi connectivity index (χ3v) is 3.97. The standard InChI is InChI=1S/C22H27FN2O6/c1-5-28-18-12-15(13-19(29-6-2)20(18)30-7-3)22(27)25-24-21(26)14(4)31-17-10-8-16(23)9-11-17/h8-14H,5-7H2,1-4H3,(H,24,26)(H,25,27). The Kier molecular flexibility index (Phi) is 8.93. The number of carbonyl (C=O) groups is 2. The summed E-state index contributed by atoms with van der Waals surface area (Å²) in [5.41, 5.74) is 4.85. The minimum atomic E-state index is -0.927. The average Bonchev–Trinajstić information content (AvgIpc) is 2.75. The number of hydrogen-bond acceptors (Lipinski definition) is 6. The van der Waals surface area contributed by atoms with E-state index in [1.54, 1.807) is 0 Å². The van der Waals surface area contributed by atoms with Gasteiger partial charge in [0.05, 0.1) is 19.8 Å². The zero-order valence-electron chi connectivity index (χ0n) is 18.0. The van der Waals surface area contributed by atoms with Gasteiger partial charge in [-0.25, -0.2) is 4.39 Å². The highest BCUT2D eigenvalue weighted by atomic mass is 19.1. The molecule has 0 spiro atoms. The van der Waals surface area contributed by atoms with Gasteiger partial charge in [0.1, 0.15) is 11.6 Å². The first-order chi connectivity index (χ1) is 14.9. The van der Waals surface area contributed by atoms with E-state index < -0.39 is 23.7 Å². The van der Waals surface area contributed by atoms with Gasteiger partial charge in [0, 0.05) is 5.56 Å². The Bertz CT molecular complexity index is 861. The van der Waals surface area contributed by atoms with Crippen LogP contribution in [0.1, 0.15) is 38.1 Å². The lowest BCUT2D eigenvalue weighted by atomic mass is 10.1. The number of ether oxygens (including phenoxy) is 4. The summed E-state index contributed by atoms with van der Waals surface area (Å²) in [5, 5.41) is 0. The van der Waals surface area contributed by atoms with Gasteiger partial charge >= 0.3 is 0 Å². The minimum absolute atomic E-state index is 0.211. The number of nitrogens with one attached hydrogen (secondary N) is 2. The Morgan fingerprint density at radius 2 is 1.45 bits per heavy atom. The van der Waals surface area contributed by atoms with Crippen LogP contribution in [0.15, 0.2) is 36.4 Å². The third kappa shape index (κ3) is 6.77. The van der Waals surface area contributed by atoms with E-state index in [0.29, 0.717) is 42.8 Å². The van der Waals surface area contributed by atoms with Gasteiger partial charge in [-0.2, -0.15) is 0 Å². The van der Waals surface area contributed by atoms with Crippen LogP contribution in [0.4, 0.5) is 4.39 Å². The number of hydrazine groups is 1. The number of carbonyl (C=O) groups excluding carboxylic acids is 2. The molecule has 8 nitrogen and oxygen atoms in total. The van der Waals surface area contributed by atoms with Crippen LogP contribution in [0.25, 0.3) is 0 Å². The van der Waals surface area contributed by atoms with Crippen LogP contribution >= 0.6 is 0 Å². The molecular weight excluding hydrogens is 407 g/mol. The minimum Gasteiger partial charge on any atom is -0.490 e. The Labute approximate surface area is 180 Å². The van der Waals surface area contributed by atoms with Crippen molar-refractivity contribution < 1.29 is 32.9 Å². The summed E-state index contributed by atoms with van der Waals surface area (Å²) in [4.78, 5) is 24.8. The maximum atomic E-state index is 13.0. The molecule has 0 aliphatic heterocycles. The Morgan fingerprint density at radius 3 is 1.97 bits per heavy atom. The van der Waals surface area contributed by atoms with E-state index in [1.807, 2.05) is 20.8 Å². The van der Waals surface area contributed by atoms with Crippen molar-refractivity contribution in [1.82, 2.24) is 10.9 Å². The molecule has 0 aliphatic rings. The number of amides is 2. The zero-order chi connectivity index (χ0) is 22.8. The molecule has 2 N–H and O–H groups in total. The van der Waals surface area contributed by atoms with E-state index in [9.17, 15) is 14.0 Å². The van der Waals surface area contributed by atoms with Crippen molar-refractivity contribution in [2.24, 2.45) is 0 Å². The van der Waals surface area contributed by atoms with Gasteiger partial charge < -0.3 is 18.9 Å². The van der Waals surface area contributed by atoms with Crippen LogP contribution in [-0.2, 0) is 4.79 Å². The monoisotopic (exact) mass is 434 g/mol. The largest absolute Gasteiger partial charge is 0.490 e. The maximum absolute atomic E-state index is 13.0. The van der Waals surface area contributed by atoms with Crippen molar-refractivity contribution in [3.05, 3.63) is 47.8 Å². The highest BCUT2D eigenvalue weighted by Crippen LogP contribution is 2.39. The average molecular weight is 434 g/mol. The summed E-state index contributed by atoms with van der Waals surface area (Å²) in [6, 6.07) is 8.28. The van der Waals surface area contributed by atoms with E-state index >= 15 is 0 Å². The van der Waals surface area contributed by atoms with E-state index in [2.05, 4.69) is 10.9 Å². The van der Waals surface area contributed by atoms with Crippen LogP contribution in [0.3, 0.4) is 0 Å².